The molecule has 6 heteroatoms. The maximum atomic E-state index is 5.78. The molecule has 5 nitrogen and oxygen atoms in total. The lowest BCUT2D eigenvalue weighted by Crippen LogP contribution is -2.06. The number of benzene rings is 1. The standard InChI is InChI=1S/C16H23O5Si/c1-3-18-15-12(6-5-9-17-10-13-11-20-13)7-8-14(21-22)16(15)19-4-2/h7-8,13H,3-6,9-11H2,1-2H3. The van der Waals surface area contributed by atoms with Gasteiger partial charge in [0.25, 0.3) is 0 Å². The fourth-order valence-corrected chi connectivity index (χ4v) is 2.35. The van der Waals surface area contributed by atoms with E-state index in [1.165, 1.54) is 0 Å². The van der Waals surface area contributed by atoms with Gasteiger partial charge in [0.2, 0.25) is 5.75 Å². The summed E-state index contributed by atoms with van der Waals surface area (Å²) in [4.78, 5) is 0. The number of aryl methyl sites for hydroxylation is 1. The predicted octanol–water partition coefficient (Wildman–Crippen LogP) is 2.29. The third-order valence-corrected chi connectivity index (χ3v) is 3.51. The fourth-order valence-electron chi connectivity index (χ4n) is 2.19. The quantitative estimate of drug-likeness (QED) is 0.355. The van der Waals surface area contributed by atoms with E-state index in [1.54, 1.807) is 0 Å². The van der Waals surface area contributed by atoms with Crippen LogP contribution < -0.4 is 13.9 Å². The van der Waals surface area contributed by atoms with E-state index >= 15 is 0 Å². The van der Waals surface area contributed by atoms with Gasteiger partial charge in [-0.05, 0) is 38.3 Å². The topological polar surface area (TPSA) is 49.5 Å². The average molecular weight is 323 g/mol. The highest BCUT2D eigenvalue weighted by molar-refractivity contribution is 6.00. The van der Waals surface area contributed by atoms with E-state index in [1.807, 2.05) is 26.0 Å². The minimum Gasteiger partial charge on any atom is -0.538 e. The molecule has 1 unspecified atom stereocenters. The molecule has 1 heterocycles. The van der Waals surface area contributed by atoms with Crippen molar-refractivity contribution in [2.45, 2.75) is 32.8 Å². The van der Waals surface area contributed by atoms with Gasteiger partial charge >= 0.3 is 10.5 Å². The van der Waals surface area contributed by atoms with Crippen molar-refractivity contribution >= 4 is 10.5 Å². The van der Waals surface area contributed by atoms with Gasteiger partial charge in [-0.25, -0.2) is 0 Å². The lowest BCUT2D eigenvalue weighted by molar-refractivity contribution is 0.114. The van der Waals surface area contributed by atoms with Crippen molar-refractivity contribution in [2.24, 2.45) is 0 Å². The third-order valence-electron chi connectivity index (χ3n) is 3.29. The van der Waals surface area contributed by atoms with Crippen molar-refractivity contribution < 1.29 is 23.4 Å². The molecule has 1 aliphatic heterocycles. The Morgan fingerprint density at radius 2 is 1.91 bits per heavy atom. The SMILES string of the molecule is CCOc1c(CCCOCC2CO2)ccc(O[Si])c1OCC. The van der Waals surface area contributed by atoms with Crippen molar-refractivity contribution in [2.75, 3.05) is 33.0 Å². The smallest absolute Gasteiger partial charge is 0.341 e. The molecular weight excluding hydrogens is 300 g/mol. The summed E-state index contributed by atoms with van der Waals surface area (Å²) in [5, 5.41) is 0. The third kappa shape index (κ3) is 4.90. The minimum absolute atomic E-state index is 0.318. The summed E-state index contributed by atoms with van der Waals surface area (Å²) in [6.45, 7) is 7.27. The van der Waals surface area contributed by atoms with Crippen LogP contribution in [0.1, 0.15) is 25.8 Å². The van der Waals surface area contributed by atoms with Crippen LogP contribution in [0.4, 0.5) is 0 Å². The van der Waals surface area contributed by atoms with Gasteiger partial charge in [0.05, 0.1) is 26.4 Å². The molecule has 0 aromatic heterocycles. The summed E-state index contributed by atoms with van der Waals surface area (Å²) < 4.78 is 27.3. The molecule has 1 aliphatic rings. The lowest BCUT2D eigenvalue weighted by atomic mass is 10.1. The van der Waals surface area contributed by atoms with Crippen molar-refractivity contribution in [3.8, 4) is 17.2 Å². The maximum absolute atomic E-state index is 5.78. The van der Waals surface area contributed by atoms with Crippen molar-refractivity contribution in [3.05, 3.63) is 17.7 Å². The molecule has 3 radical (unpaired) electrons. The van der Waals surface area contributed by atoms with Gasteiger partial charge in [-0.2, -0.15) is 0 Å². The zero-order chi connectivity index (χ0) is 15.8. The largest absolute Gasteiger partial charge is 0.538 e. The highest BCUT2D eigenvalue weighted by Crippen LogP contribution is 2.40. The highest BCUT2D eigenvalue weighted by Gasteiger charge is 2.22. The highest BCUT2D eigenvalue weighted by atomic mass is 28.2. The van der Waals surface area contributed by atoms with E-state index in [0.29, 0.717) is 44.0 Å². The van der Waals surface area contributed by atoms with Crippen molar-refractivity contribution in [1.82, 2.24) is 0 Å². The van der Waals surface area contributed by atoms with Crippen LogP contribution in [0.5, 0.6) is 17.2 Å². The van der Waals surface area contributed by atoms with Gasteiger partial charge in [0.1, 0.15) is 11.9 Å². The van der Waals surface area contributed by atoms with Gasteiger partial charge in [-0.1, -0.05) is 6.07 Å². The molecule has 0 N–H and O–H groups in total. The Morgan fingerprint density at radius 1 is 1.18 bits per heavy atom. The predicted molar refractivity (Wildman–Crippen MR) is 84.0 cm³/mol. The van der Waals surface area contributed by atoms with Gasteiger partial charge in [-0.15, -0.1) is 0 Å². The van der Waals surface area contributed by atoms with Crippen LogP contribution in [0, 0.1) is 0 Å². The summed E-state index contributed by atoms with van der Waals surface area (Å²) in [6.07, 6.45) is 2.11. The van der Waals surface area contributed by atoms with Crippen LogP contribution in [-0.2, 0) is 15.9 Å². The molecule has 1 atom stereocenters. The Labute approximate surface area is 135 Å². The zero-order valence-electron chi connectivity index (χ0n) is 13.2. The lowest BCUT2D eigenvalue weighted by Gasteiger charge is -2.18. The molecule has 1 saturated heterocycles. The molecule has 0 aliphatic carbocycles. The van der Waals surface area contributed by atoms with Gasteiger partial charge < -0.3 is 23.4 Å². The molecule has 1 aromatic rings. The van der Waals surface area contributed by atoms with Gasteiger partial charge in [0.15, 0.2) is 5.75 Å². The summed E-state index contributed by atoms with van der Waals surface area (Å²) in [6, 6.07) is 3.89. The van der Waals surface area contributed by atoms with E-state index in [2.05, 4.69) is 10.5 Å². The molecule has 2 rings (SSSR count). The monoisotopic (exact) mass is 323 g/mol. The van der Waals surface area contributed by atoms with Gasteiger partial charge in [0, 0.05) is 6.61 Å². The Hall–Kier alpha value is -1.24. The van der Waals surface area contributed by atoms with Crippen LogP contribution in [0.2, 0.25) is 0 Å². The second-order valence-electron chi connectivity index (χ2n) is 4.98. The molecular formula is C16H23O5Si. The Kier molecular flexibility index (Phi) is 7.02. The number of hydrogen-bond donors (Lipinski definition) is 0. The number of hydrogen-bond acceptors (Lipinski definition) is 5. The number of ether oxygens (including phenoxy) is 4. The first-order chi connectivity index (χ1) is 10.8. The van der Waals surface area contributed by atoms with Gasteiger partial charge in [-0.3, -0.25) is 0 Å². The van der Waals surface area contributed by atoms with E-state index in [9.17, 15) is 0 Å². The first-order valence-corrected chi connectivity index (χ1v) is 8.15. The average Bonchev–Trinajstić information content (AvgIpc) is 3.34. The molecule has 0 spiro atoms. The Morgan fingerprint density at radius 3 is 2.55 bits per heavy atom. The maximum Gasteiger partial charge on any atom is 0.341 e. The van der Waals surface area contributed by atoms with E-state index in [-0.39, 0.29) is 0 Å². The van der Waals surface area contributed by atoms with Crippen LogP contribution in [0.15, 0.2) is 12.1 Å². The normalized spacial score (nSPS) is 16.4. The molecule has 0 bridgehead atoms. The summed E-state index contributed by atoms with van der Waals surface area (Å²) >= 11 is 0. The van der Waals surface area contributed by atoms with E-state index < -0.39 is 0 Å². The Balaban J connectivity index is 1.98. The molecule has 22 heavy (non-hydrogen) atoms. The van der Waals surface area contributed by atoms with Crippen LogP contribution in [0.25, 0.3) is 0 Å². The minimum atomic E-state index is 0.318. The van der Waals surface area contributed by atoms with Crippen molar-refractivity contribution in [3.63, 3.8) is 0 Å². The molecule has 1 aromatic carbocycles. The zero-order valence-corrected chi connectivity index (χ0v) is 14.2. The second kappa shape index (κ2) is 9.02. The first kappa shape index (κ1) is 17.1. The first-order valence-electron chi connectivity index (χ1n) is 7.74. The van der Waals surface area contributed by atoms with Crippen LogP contribution in [0.3, 0.4) is 0 Å². The number of epoxide rings is 1. The summed E-state index contributed by atoms with van der Waals surface area (Å²) in [7, 11) is 3.06. The van der Waals surface area contributed by atoms with E-state index in [0.717, 1.165) is 30.8 Å². The van der Waals surface area contributed by atoms with Crippen molar-refractivity contribution in [1.29, 1.82) is 0 Å². The molecule has 121 valence electrons. The molecule has 0 amide bonds. The number of rotatable bonds is 11. The van der Waals surface area contributed by atoms with Crippen LogP contribution in [-0.4, -0.2) is 49.6 Å². The van der Waals surface area contributed by atoms with Crippen LogP contribution >= 0.6 is 0 Å². The summed E-state index contributed by atoms with van der Waals surface area (Å²) in [5.74, 6) is 2.02. The Bertz CT molecular complexity index is 462. The summed E-state index contributed by atoms with van der Waals surface area (Å²) in [5.41, 5.74) is 1.10. The van der Waals surface area contributed by atoms with E-state index in [4.69, 9.17) is 23.4 Å². The second-order valence-corrected chi connectivity index (χ2v) is 5.19. The molecule has 0 saturated carbocycles. The fraction of sp³-hybridized carbons (Fsp3) is 0.625. The molecule has 1 fully saturated rings.